The third-order valence-corrected chi connectivity index (χ3v) is 4.77. The number of morpholine rings is 1. The van der Waals surface area contributed by atoms with Gasteiger partial charge in [-0.25, -0.2) is 0 Å². The van der Waals surface area contributed by atoms with Crippen LogP contribution in [0, 0.1) is 0 Å². The van der Waals surface area contributed by atoms with Crippen LogP contribution in [0.4, 0.5) is 5.95 Å². The van der Waals surface area contributed by atoms with Crippen molar-refractivity contribution in [3.05, 3.63) is 22.2 Å². The molecule has 10 nitrogen and oxygen atoms in total. The Balaban J connectivity index is 1.62. The summed E-state index contributed by atoms with van der Waals surface area (Å²) in [5.41, 5.74) is 0.934. The quantitative estimate of drug-likeness (QED) is 0.636. The highest BCUT2D eigenvalue weighted by molar-refractivity contribution is 9.10. The fourth-order valence-electron chi connectivity index (χ4n) is 2.68. The van der Waals surface area contributed by atoms with E-state index in [2.05, 4.69) is 36.7 Å². The first-order valence-corrected chi connectivity index (χ1v) is 9.76. The number of carbonyl (C=O) groups excluding carboxylic acids is 1. The molecule has 0 unspecified atom stereocenters. The van der Waals surface area contributed by atoms with Crippen molar-refractivity contribution in [2.24, 2.45) is 0 Å². The van der Waals surface area contributed by atoms with E-state index in [1.54, 1.807) is 12.0 Å². The Morgan fingerprint density at radius 3 is 2.82 bits per heavy atom. The Morgan fingerprint density at radius 1 is 1.36 bits per heavy atom. The van der Waals surface area contributed by atoms with E-state index in [9.17, 15) is 4.79 Å². The number of carbonyl (C=O) groups is 1. The largest absolute Gasteiger partial charge is 0.493 e. The summed E-state index contributed by atoms with van der Waals surface area (Å²) in [7, 11) is 1.56. The number of nitrogens with one attached hydrogen (secondary N) is 1. The van der Waals surface area contributed by atoms with Crippen LogP contribution in [-0.4, -0.2) is 71.0 Å². The zero-order valence-corrected chi connectivity index (χ0v) is 17.4. The van der Waals surface area contributed by atoms with E-state index in [0.717, 1.165) is 5.56 Å². The van der Waals surface area contributed by atoms with E-state index in [1.807, 2.05) is 19.1 Å². The molecule has 1 saturated heterocycles. The number of ether oxygens (including phenoxy) is 3. The van der Waals surface area contributed by atoms with Gasteiger partial charge in [-0.15, -0.1) is 5.10 Å². The molecule has 1 amide bonds. The minimum Gasteiger partial charge on any atom is -0.493 e. The van der Waals surface area contributed by atoms with E-state index in [1.165, 1.54) is 4.80 Å². The number of hydrogen-bond donors (Lipinski definition) is 1. The molecule has 1 aromatic carbocycles. The van der Waals surface area contributed by atoms with Crippen molar-refractivity contribution in [2.75, 3.05) is 45.3 Å². The van der Waals surface area contributed by atoms with Crippen LogP contribution in [0.2, 0.25) is 0 Å². The number of benzene rings is 1. The van der Waals surface area contributed by atoms with Gasteiger partial charge in [-0.3, -0.25) is 4.79 Å². The molecule has 2 heterocycles. The van der Waals surface area contributed by atoms with E-state index in [4.69, 9.17) is 14.2 Å². The summed E-state index contributed by atoms with van der Waals surface area (Å²) >= 11 is 3.50. The van der Waals surface area contributed by atoms with Crippen molar-refractivity contribution >= 4 is 27.8 Å². The minimum absolute atomic E-state index is 0.0589. The second-order valence-electron chi connectivity index (χ2n) is 6.05. The molecule has 3 rings (SSSR count). The van der Waals surface area contributed by atoms with Gasteiger partial charge in [-0.2, -0.15) is 4.80 Å². The third kappa shape index (κ3) is 5.10. The Hall–Kier alpha value is -2.40. The summed E-state index contributed by atoms with van der Waals surface area (Å²) in [4.78, 5) is 15.5. The van der Waals surface area contributed by atoms with Gasteiger partial charge in [0, 0.05) is 19.6 Å². The van der Waals surface area contributed by atoms with Gasteiger partial charge in [0.2, 0.25) is 0 Å². The standard InChI is InChI=1S/C17H23BrN6O4/c1-3-24-21-17(20-22-24)19-10-12-8-13(18)16(14(9-12)26-2)28-11-15(25)23-4-6-27-7-5-23/h8-9H,3-7,10-11H2,1-2H3,(H,19,21). The van der Waals surface area contributed by atoms with Gasteiger partial charge in [0.05, 0.1) is 31.3 Å². The summed E-state index contributed by atoms with van der Waals surface area (Å²) < 4.78 is 17.1. The monoisotopic (exact) mass is 454 g/mol. The van der Waals surface area contributed by atoms with Gasteiger partial charge in [0.1, 0.15) is 0 Å². The molecular weight excluding hydrogens is 432 g/mol. The number of rotatable bonds is 8. The fourth-order valence-corrected chi connectivity index (χ4v) is 3.29. The van der Waals surface area contributed by atoms with E-state index >= 15 is 0 Å². The van der Waals surface area contributed by atoms with Gasteiger partial charge in [0.15, 0.2) is 18.1 Å². The highest BCUT2D eigenvalue weighted by atomic mass is 79.9. The first kappa shape index (κ1) is 20.3. The third-order valence-electron chi connectivity index (χ3n) is 4.18. The van der Waals surface area contributed by atoms with Crippen LogP contribution in [0.1, 0.15) is 12.5 Å². The topological polar surface area (TPSA) is 104 Å². The van der Waals surface area contributed by atoms with Crippen LogP contribution >= 0.6 is 15.9 Å². The van der Waals surface area contributed by atoms with Gasteiger partial charge in [-0.05, 0) is 45.8 Å². The van der Waals surface area contributed by atoms with Gasteiger partial charge in [-0.1, -0.05) is 5.10 Å². The van der Waals surface area contributed by atoms with Gasteiger partial charge >= 0.3 is 0 Å². The number of aryl methyl sites for hydroxylation is 1. The maximum Gasteiger partial charge on any atom is 0.263 e. The maximum atomic E-state index is 12.3. The fraction of sp³-hybridized carbons (Fsp3) is 0.529. The van der Waals surface area contributed by atoms with Crippen LogP contribution in [-0.2, 0) is 22.6 Å². The second-order valence-corrected chi connectivity index (χ2v) is 6.90. The molecule has 152 valence electrons. The lowest BCUT2D eigenvalue weighted by Crippen LogP contribution is -2.43. The van der Waals surface area contributed by atoms with Crippen LogP contribution in [0.5, 0.6) is 11.5 Å². The summed E-state index contributed by atoms with van der Waals surface area (Å²) in [6.07, 6.45) is 0. The Morgan fingerprint density at radius 2 is 2.14 bits per heavy atom. The lowest BCUT2D eigenvalue weighted by atomic mass is 10.2. The van der Waals surface area contributed by atoms with Crippen LogP contribution in [0.3, 0.4) is 0 Å². The van der Waals surface area contributed by atoms with Crippen molar-refractivity contribution < 1.29 is 19.0 Å². The van der Waals surface area contributed by atoms with Crippen molar-refractivity contribution in [3.63, 3.8) is 0 Å². The zero-order valence-electron chi connectivity index (χ0n) is 15.9. The zero-order chi connectivity index (χ0) is 19.9. The molecule has 0 spiro atoms. The minimum atomic E-state index is -0.0759. The number of nitrogens with zero attached hydrogens (tertiary/aromatic N) is 5. The van der Waals surface area contributed by atoms with Crippen molar-refractivity contribution in [2.45, 2.75) is 20.0 Å². The van der Waals surface area contributed by atoms with Crippen LogP contribution in [0.25, 0.3) is 0 Å². The molecule has 28 heavy (non-hydrogen) atoms. The van der Waals surface area contributed by atoms with Gasteiger partial charge < -0.3 is 24.4 Å². The van der Waals surface area contributed by atoms with Crippen LogP contribution in [0.15, 0.2) is 16.6 Å². The van der Waals surface area contributed by atoms with Crippen molar-refractivity contribution in [1.29, 1.82) is 0 Å². The first-order valence-electron chi connectivity index (χ1n) is 8.97. The highest BCUT2D eigenvalue weighted by Gasteiger charge is 2.19. The molecule has 0 atom stereocenters. The summed E-state index contributed by atoms with van der Waals surface area (Å²) in [5, 5.41) is 15.1. The molecule has 11 heteroatoms. The smallest absolute Gasteiger partial charge is 0.263 e. The Kier molecular flexibility index (Phi) is 7.04. The summed E-state index contributed by atoms with van der Waals surface area (Å²) in [6.45, 7) is 5.30. The highest BCUT2D eigenvalue weighted by Crippen LogP contribution is 2.36. The van der Waals surface area contributed by atoms with E-state index < -0.39 is 0 Å². The Bertz CT molecular complexity index is 809. The average molecular weight is 455 g/mol. The SMILES string of the molecule is CCn1nnc(NCc2cc(Br)c(OCC(=O)N3CCOCC3)c(OC)c2)n1. The number of amides is 1. The van der Waals surface area contributed by atoms with Crippen molar-refractivity contribution in [3.8, 4) is 11.5 Å². The van der Waals surface area contributed by atoms with E-state index in [0.29, 0.717) is 61.3 Å². The predicted octanol–water partition coefficient (Wildman–Crippen LogP) is 1.31. The summed E-state index contributed by atoms with van der Waals surface area (Å²) in [6, 6.07) is 3.74. The lowest BCUT2D eigenvalue weighted by Gasteiger charge is -2.27. The molecule has 0 aliphatic carbocycles. The maximum absolute atomic E-state index is 12.3. The number of halogens is 1. The van der Waals surface area contributed by atoms with Gasteiger partial charge in [0.25, 0.3) is 11.9 Å². The van der Waals surface area contributed by atoms with Crippen molar-refractivity contribution in [1.82, 2.24) is 25.1 Å². The Labute approximate surface area is 171 Å². The average Bonchev–Trinajstić information content (AvgIpc) is 3.19. The number of aromatic nitrogens is 4. The number of hydrogen-bond acceptors (Lipinski definition) is 8. The lowest BCUT2D eigenvalue weighted by molar-refractivity contribution is -0.137. The molecule has 1 N–H and O–H groups in total. The normalized spacial score (nSPS) is 14.0. The molecule has 0 radical (unpaired) electrons. The number of methoxy groups -OCH3 is 1. The predicted molar refractivity (Wildman–Crippen MR) is 104 cm³/mol. The number of anilines is 1. The molecule has 1 aromatic heterocycles. The molecule has 0 saturated carbocycles. The second kappa shape index (κ2) is 9.69. The molecule has 1 aliphatic heterocycles. The number of tetrazole rings is 1. The molecule has 1 fully saturated rings. The van der Waals surface area contributed by atoms with E-state index in [-0.39, 0.29) is 12.5 Å². The molecule has 0 bridgehead atoms. The molecular formula is C17H23BrN6O4. The molecule has 1 aliphatic rings. The van der Waals surface area contributed by atoms with Crippen LogP contribution < -0.4 is 14.8 Å². The molecule has 2 aromatic rings. The summed E-state index contributed by atoms with van der Waals surface area (Å²) in [5.74, 6) is 1.40. The first-order chi connectivity index (χ1) is 13.6.